The second kappa shape index (κ2) is 9.85. The molecule has 2 aromatic carbocycles. The van der Waals surface area contributed by atoms with Gasteiger partial charge in [0.2, 0.25) is 5.91 Å². The third-order valence-corrected chi connectivity index (χ3v) is 5.73. The van der Waals surface area contributed by atoms with Crippen LogP contribution in [0.5, 0.6) is 5.75 Å². The number of nitrogens with one attached hydrogen (secondary N) is 1. The Morgan fingerprint density at radius 1 is 1.21 bits per heavy atom. The Kier molecular flexibility index (Phi) is 6.71. The monoisotopic (exact) mass is 450 g/mol. The number of aryl methyl sites for hydroxylation is 1. The lowest BCUT2D eigenvalue weighted by atomic mass is 9.99. The Labute approximate surface area is 191 Å². The van der Waals surface area contributed by atoms with E-state index in [0.717, 1.165) is 11.4 Å². The van der Waals surface area contributed by atoms with Crippen LogP contribution in [0, 0.1) is 0 Å². The number of aliphatic hydroxyl groups excluding tert-OH is 1. The number of carbonyl (C=O) groups is 2. The number of hydrogen-bond donors (Lipinski definition) is 2. The zero-order valence-electron chi connectivity index (χ0n) is 18.5. The molecule has 1 aromatic heterocycles. The van der Waals surface area contributed by atoms with Crippen molar-refractivity contribution in [3.8, 4) is 5.75 Å². The van der Waals surface area contributed by atoms with Crippen molar-refractivity contribution in [1.29, 1.82) is 0 Å². The summed E-state index contributed by atoms with van der Waals surface area (Å²) >= 11 is 0. The predicted molar refractivity (Wildman–Crippen MR) is 121 cm³/mol. The van der Waals surface area contributed by atoms with Crippen molar-refractivity contribution < 1.29 is 24.2 Å². The maximum absolute atomic E-state index is 12.5. The van der Waals surface area contributed by atoms with Crippen LogP contribution >= 0.6 is 0 Å². The number of methoxy groups -OCH3 is 1. The second-order valence-corrected chi connectivity index (χ2v) is 7.76. The molecule has 2 N–H and O–H groups in total. The Hall–Kier alpha value is -3.69. The van der Waals surface area contributed by atoms with Crippen molar-refractivity contribution in [1.82, 2.24) is 14.5 Å². The maximum Gasteiger partial charge on any atom is 0.255 e. The van der Waals surface area contributed by atoms with E-state index in [2.05, 4.69) is 10.3 Å². The van der Waals surface area contributed by atoms with Gasteiger partial charge in [-0.05, 0) is 42.0 Å². The molecule has 0 unspecified atom stereocenters. The molecule has 2 atom stereocenters. The highest BCUT2D eigenvalue weighted by Crippen LogP contribution is 2.30. The van der Waals surface area contributed by atoms with Gasteiger partial charge < -0.3 is 29.4 Å². The number of morpholine rings is 1. The Bertz CT molecular complexity index is 1110. The van der Waals surface area contributed by atoms with E-state index in [9.17, 15) is 14.7 Å². The molecule has 0 radical (unpaired) electrons. The minimum Gasteiger partial charge on any atom is -0.497 e. The Morgan fingerprint density at radius 2 is 1.94 bits per heavy atom. The lowest BCUT2D eigenvalue weighted by Gasteiger charge is -2.40. The van der Waals surface area contributed by atoms with Crippen LogP contribution in [-0.4, -0.2) is 57.7 Å². The van der Waals surface area contributed by atoms with Crippen LogP contribution in [-0.2, 0) is 23.1 Å². The number of carbonyl (C=O) groups excluding carboxylic acids is 2. The van der Waals surface area contributed by atoms with Crippen molar-refractivity contribution in [3.05, 3.63) is 77.9 Å². The zero-order chi connectivity index (χ0) is 23.4. The number of hydrogen-bond acceptors (Lipinski definition) is 6. The summed E-state index contributed by atoms with van der Waals surface area (Å²) in [6, 6.07) is 13.5. The summed E-state index contributed by atoms with van der Waals surface area (Å²) in [7, 11) is 3.43. The molecule has 33 heavy (non-hydrogen) atoms. The van der Waals surface area contributed by atoms with Gasteiger partial charge in [0.25, 0.3) is 5.91 Å². The van der Waals surface area contributed by atoms with Gasteiger partial charge in [0.15, 0.2) is 0 Å². The standard InChI is InChI=1S/C24H26N4O5/c1-27-12-11-25-21(27)13-28-20(14-29)23(33-15-22(28)30)16-3-7-18(8-4-16)26-24(31)17-5-9-19(32-2)10-6-17/h3-12,20,23,29H,13-15H2,1-2H3,(H,26,31)/t20-,23-/m1/s1. The van der Waals surface area contributed by atoms with Crippen molar-refractivity contribution >= 4 is 17.5 Å². The lowest BCUT2D eigenvalue weighted by molar-refractivity contribution is -0.162. The number of anilines is 1. The van der Waals surface area contributed by atoms with Crippen LogP contribution < -0.4 is 10.1 Å². The van der Waals surface area contributed by atoms with Crippen LogP contribution in [0.4, 0.5) is 5.69 Å². The van der Waals surface area contributed by atoms with Gasteiger partial charge in [0.05, 0.1) is 26.3 Å². The molecule has 0 aliphatic carbocycles. The first-order valence-electron chi connectivity index (χ1n) is 10.5. The molecule has 2 heterocycles. The Morgan fingerprint density at radius 3 is 2.55 bits per heavy atom. The zero-order valence-corrected chi connectivity index (χ0v) is 18.5. The number of nitrogens with zero attached hydrogens (tertiary/aromatic N) is 3. The number of rotatable bonds is 7. The minimum absolute atomic E-state index is 0.0818. The molecule has 9 heteroatoms. The molecule has 1 fully saturated rings. The van der Waals surface area contributed by atoms with Crippen LogP contribution in [0.25, 0.3) is 0 Å². The molecule has 9 nitrogen and oxygen atoms in total. The molecule has 1 aliphatic heterocycles. The fraction of sp³-hybridized carbons (Fsp3) is 0.292. The number of amides is 2. The Balaban J connectivity index is 1.47. The van der Waals surface area contributed by atoms with E-state index >= 15 is 0 Å². The van der Waals surface area contributed by atoms with Crippen molar-refractivity contribution in [3.63, 3.8) is 0 Å². The van der Waals surface area contributed by atoms with E-state index in [1.54, 1.807) is 54.6 Å². The second-order valence-electron chi connectivity index (χ2n) is 7.76. The minimum atomic E-state index is -0.553. The van der Waals surface area contributed by atoms with E-state index in [1.807, 2.05) is 29.9 Å². The van der Waals surface area contributed by atoms with E-state index in [-0.39, 0.29) is 31.6 Å². The smallest absolute Gasteiger partial charge is 0.255 e. The lowest BCUT2D eigenvalue weighted by Crippen LogP contribution is -2.52. The topological polar surface area (TPSA) is 106 Å². The average Bonchev–Trinajstić information content (AvgIpc) is 3.25. The summed E-state index contributed by atoms with van der Waals surface area (Å²) in [4.78, 5) is 30.9. The molecule has 0 spiro atoms. The number of aliphatic hydroxyl groups is 1. The first-order chi connectivity index (χ1) is 16.0. The largest absolute Gasteiger partial charge is 0.497 e. The summed E-state index contributed by atoms with van der Waals surface area (Å²) in [5.74, 6) is 0.965. The highest BCUT2D eigenvalue weighted by molar-refractivity contribution is 6.04. The van der Waals surface area contributed by atoms with E-state index in [4.69, 9.17) is 9.47 Å². The molecule has 3 aromatic rings. The van der Waals surface area contributed by atoms with Gasteiger partial charge in [-0.25, -0.2) is 4.98 Å². The normalized spacial score (nSPS) is 18.3. The van der Waals surface area contributed by atoms with E-state index in [1.165, 1.54) is 0 Å². The van der Waals surface area contributed by atoms with Crippen molar-refractivity contribution in [2.45, 2.75) is 18.7 Å². The third kappa shape index (κ3) is 4.89. The predicted octanol–water partition coefficient (Wildman–Crippen LogP) is 2.14. The third-order valence-electron chi connectivity index (χ3n) is 5.73. The molecular weight excluding hydrogens is 424 g/mol. The van der Waals surface area contributed by atoms with Crippen LogP contribution in [0.2, 0.25) is 0 Å². The van der Waals surface area contributed by atoms with Gasteiger partial charge in [-0.3, -0.25) is 9.59 Å². The van der Waals surface area contributed by atoms with E-state index < -0.39 is 12.1 Å². The molecule has 0 bridgehead atoms. The quantitative estimate of drug-likeness (QED) is 0.571. The van der Waals surface area contributed by atoms with Gasteiger partial charge in [0, 0.05) is 30.7 Å². The molecule has 2 amide bonds. The molecule has 172 valence electrons. The van der Waals surface area contributed by atoms with Gasteiger partial charge in [0.1, 0.15) is 24.3 Å². The van der Waals surface area contributed by atoms with Gasteiger partial charge in [-0.2, -0.15) is 0 Å². The fourth-order valence-corrected chi connectivity index (χ4v) is 3.82. The van der Waals surface area contributed by atoms with Gasteiger partial charge in [-0.15, -0.1) is 0 Å². The highest BCUT2D eigenvalue weighted by atomic mass is 16.5. The SMILES string of the molecule is COc1ccc(C(=O)Nc2ccc([C@H]3OCC(=O)N(Cc4nccn4C)[C@@H]3CO)cc2)cc1. The first kappa shape index (κ1) is 22.5. The molecule has 1 saturated heterocycles. The molecular formula is C24H26N4O5. The van der Waals surface area contributed by atoms with Gasteiger partial charge in [-0.1, -0.05) is 12.1 Å². The van der Waals surface area contributed by atoms with Crippen molar-refractivity contribution in [2.24, 2.45) is 7.05 Å². The van der Waals surface area contributed by atoms with Crippen LogP contribution in [0.1, 0.15) is 27.8 Å². The van der Waals surface area contributed by atoms with Crippen LogP contribution in [0.3, 0.4) is 0 Å². The number of aromatic nitrogens is 2. The fourth-order valence-electron chi connectivity index (χ4n) is 3.82. The molecule has 4 rings (SSSR count). The average molecular weight is 450 g/mol. The van der Waals surface area contributed by atoms with Gasteiger partial charge >= 0.3 is 0 Å². The first-order valence-corrected chi connectivity index (χ1v) is 10.5. The number of imidazole rings is 1. The summed E-state index contributed by atoms with van der Waals surface area (Å²) in [6.45, 7) is -0.0538. The molecule has 0 saturated carbocycles. The van der Waals surface area contributed by atoms with Crippen LogP contribution in [0.15, 0.2) is 60.9 Å². The maximum atomic E-state index is 12.5. The van der Waals surface area contributed by atoms with E-state index in [0.29, 0.717) is 17.0 Å². The summed E-state index contributed by atoms with van der Waals surface area (Å²) in [5.41, 5.74) is 1.94. The summed E-state index contributed by atoms with van der Waals surface area (Å²) in [6.07, 6.45) is 2.98. The van der Waals surface area contributed by atoms with Crippen molar-refractivity contribution in [2.75, 3.05) is 25.6 Å². The molecule has 1 aliphatic rings. The summed E-state index contributed by atoms with van der Waals surface area (Å²) < 4.78 is 12.7. The summed E-state index contributed by atoms with van der Waals surface area (Å²) in [5, 5.41) is 12.9. The number of benzene rings is 2. The highest BCUT2D eigenvalue weighted by Gasteiger charge is 2.37. The number of ether oxygens (including phenoxy) is 2.